The summed E-state index contributed by atoms with van der Waals surface area (Å²) in [5.41, 5.74) is 0.909. The number of halogens is 2. The molecule has 0 aliphatic carbocycles. The van der Waals surface area contributed by atoms with Gasteiger partial charge in [0.05, 0.1) is 29.1 Å². The van der Waals surface area contributed by atoms with Gasteiger partial charge in [-0.25, -0.2) is 8.42 Å². The first kappa shape index (κ1) is 26.8. The molecule has 2 amide bonds. The number of rotatable bonds is 10. The molecule has 180 valence electrons. The zero-order valence-corrected chi connectivity index (χ0v) is 21.2. The lowest BCUT2D eigenvalue weighted by Crippen LogP contribution is -2.51. The van der Waals surface area contributed by atoms with Gasteiger partial charge in [-0.3, -0.25) is 13.9 Å². The number of anilines is 1. The number of likely N-dealkylation sites (N-methyl/N-ethyl adjacent to an activating group) is 1. The van der Waals surface area contributed by atoms with Crippen molar-refractivity contribution >= 4 is 50.7 Å². The first-order chi connectivity index (χ1) is 15.5. The van der Waals surface area contributed by atoms with E-state index in [0.29, 0.717) is 27.9 Å². The third-order valence-corrected chi connectivity index (χ3v) is 6.76. The number of ether oxygens (including phenoxy) is 1. The number of methoxy groups -OCH3 is 1. The summed E-state index contributed by atoms with van der Waals surface area (Å²) in [5.74, 6) is -0.483. The van der Waals surface area contributed by atoms with Crippen LogP contribution >= 0.6 is 23.2 Å². The second-order valence-electron chi connectivity index (χ2n) is 7.31. The van der Waals surface area contributed by atoms with Gasteiger partial charge < -0.3 is 15.0 Å². The van der Waals surface area contributed by atoms with Crippen LogP contribution in [0.3, 0.4) is 0 Å². The molecule has 2 aromatic carbocycles. The summed E-state index contributed by atoms with van der Waals surface area (Å²) in [6.45, 7) is 3.26. The number of nitrogens with zero attached hydrogens (tertiary/aromatic N) is 2. The Balaban J connectivity index is 2.41. The summed E-state index contributed by atoms with van der Waals surface area (Å²) in [5, 5.41) is 3.35. The van der Waals surface area contributed by atoms with E-state index in [-0.39, 0.29) is 18.1 Å². The van der Waals surface area contributed by atoms with Crippen LogP contribution in [0, 0.1) is 0 Å². The van der Waals surface area contributed by atoms with Crippen molar-refractivity contribution in [3.8, 4) is 5.75 Å². The lowest BCUT2D eigenvalue weighted by Gasteiger charge is -2.31. The molecule has 0 fully saturated rings. The predicted octanol–water partition coefficient (Wildman–Crippen LogP) is 3.32. The molecule has 8 nitrogen and oxygen atoms in total. The van der Waals surface area contributed by atoms with Crippen molar-refractivity contribution in [2.45, 2.75) is 26.4 Å². The highest BCUT2D eigenvalue weighted by molar-refractivity contribution is 7.92. The maximum absolute atomic E-state index is 13.4. The highest BCUT2D eigenvalue weighted by Gasteiger charge is 2.30. The lowest BCUT2D eigenvalue weighted by molar-refractivity contribution is -0.139. The van der Waals surface area contributed by atoms with Crippen LogP contribution in [0.1, 0.15) is 19.4 Å². The molecule has 0 saturated carbocycles. The number of hydrogen-bond donors (Lipinski definition) is 1. The molecule has 0 heterocycles. The Kier molecular flexibility index (Phi) is 9.39. The summed E-state index contributed by atoms with van der Waals surface area (Å²) in [4.78, 5) is 27.2. The average molecular weight is 516 g/mol. The van der Waals surface area contributed by atoms with E-state index in [1.54, 1.807) is 50.2 Å². The van der Waals surface area contributed by atoms with Gasteiger partial charge >= 0.3 is 0 Å². The Labute approximate surface area is 204 Å². The average Bonchev–Trinajstić information content (AvgIpc) is 2.76. The van der Waals surface area contributed by atoms with E-state index in [9.17, 15) is 18.0 Å². The van der Waals surface area contributed by atoms with Gasteiger partial charge in [0.1, 0.15) is 18.3 Å². The Morgan fingerprint density at radius 1 is 1.12 bits per heavy atom. The molecule has 0 aliphatic heterocycles. The van der Waals surface area contributed by atoms with Gasteiger partial charge in [-0.2, -0.15) is 0 Å². The van der Waals surface area contributed by atoms with E-state index in [4.69, 9.17) is 27.9 Å². The SMILES string of the molecule is CCNC(=O)[C@@H](C)N(Cc1ccc(Cl)c(Cl)c1)C(=O)CN(c1cccc(OC)c1)S(C)(=O)=O. The Bertz CT molecular complexity index is 1110. The zero-order chi connectivity index (χ0) is 24.8. The van der Waals surface area contributed by atoms with Crippen molar-refractivity contribution in [2.24, 2.45) is 0 Å². The lowest BCUT2D eigenvalue weighted by atomic mass is 10.1. The van der Waals surface area contributed by atoms with Crippen LogP contribution in [0.4, 0.5) is 5.69 Å². The normalized spacial score (nSPS) is 12.1. The molecule has 0 aliphatic rings. The molecule has 0 spiro atoms. The molecule has 33 heavy (non-hydrogen) atoms. The molecule has 0 bridgehead atoms. The second-order valence-corrected chi connectivity index (χ2v) is 10.0. The van der Waals surface area contributed by atoms with Crippen molar-refractivity contribution in [1.82, 2.24) is 10.2 Å². The van der Waals surface area contributed by atoms with Crippen LogP contribution in [-0.2, 0) is 26.2 Å². The van der Waals surface area contributed by atoms with E-state index in [0.717, 1.165) is 10.6 Å². The minimum Gasteiger partial charge on any atom is -0.497 e. The summed E-state index contributed by atoms with van der Waals surface area (Å²) < 4.78 is 31.2. The van der Waals surface area contributed by atoms with E-state index >= 15 is 0 Å². The molecule has 1 atom stereocenters. The van der Waals surface area contributed by atoms with E-state index < -0.39 is 28.5 Å². The second kappa shape index (κ2) is 11.6. The first-order valence-corrected chi connectivity index (χ1v) is 12.7. The largest absolute Gasteiger partial charge is 0.497 e. The topological polar surface area (TPSA) is 96.0 Å². The molecule has 0 saturated heterocycles. The van der Waals surface area contributed by atoms with Crippen LogP contribution < -0.4 is 14.4 Å². The van der Waals surface area contributed by atoms with Gasteiger partial charge in [0.25, 0.3) is 0 Å². The van der Waals surface area contributed by atoms with Gasteiger partial charge in [-0.15, -0.1) is 0 Å². The molecule has 0 unspecified atom stereocenters. The molecular formula is C22H27Cl2N3O5S. The van der Waals surface area contributed by atoms with E-state index in [1.807, 2.05) is 0 Å². The Hall–Kier alpha value is -2.49. The monoisotopic (exact) mass is 515 g/mol. The Morgan fingerprint density at radius 2 is 1.82 bits per heavy atom. The van der Waals surface area contributed by atoms with Crippen LogP contribution in [0.5, 0.6) is 5.75 Å². The standard InChI is InChI=1S/C22H27Cl2N3O5S/c1-5-25-22(29)15(2)26(13-16-9-10-19(23)20(24)11-16)21(28)14-27(33(4,30)31)17-7-6-8-18(12-17)32-3/h6-12,15H,5,13-14H2,1-4H3,(H,25,29)/t15-/m1/s1. The third kappa shape index (κ3) is 7.25. The van der Waals surface area contributed by atoms with Crippen molar-refractivity contribution in [2.75, 3.05) is 30.8 Å². The number of carbonyl (C=O) groups excluding carboxylic acids is 2. The highest BCUT2D eigenvalue weighted by atomic mass is 35.5. The molecular weight excluding hydrogens is 489 g/mol. The van der Waals surface area contributed by atoms with Crippen LogP contribution in [0.2, 0.25) is 10.0 Å². The summed E-state index contributed by atoms with van der Waals surface area (Å²) in [6, 6.07) is 10.4. The minimum atomic E-state index is -3.82. The zero-order valence-electron chi connectivity index (χ0n) is 18.8. The van der Waals surface area contributed by atoms with Crippen LogP contribution in [0.25, 0.3) is 0 Å². The van der Waals surface area contributed by atoms with Gasteiger partial charge in [0.2, 0.25) is 21.8 Å². The quantitative estimate of drug-likeness (QED) is 0.523. The molecule has 2 aromatic rings. The van der Waals surface area contributed by atoms with Crippen LogP contribution in [0.15, 0.2) is 42.5 Å². The maximum atomic E-state index is 13.4. The smallest absolute Gasteiger partial charge is 0.244 e. The van der Waals surface area contributed by atoms with Gasteiger partial charge in [0.15, 0.2) is 0 Å². The number of hydrogen-bond acceptors (Lipinski definition) is 5. The number of nitrogens with one attached hydrogen (secondary N) is 1. The van der Waals surface area contributed by atoms with E-state index in [1.165, 1.54) is 18.1 Å². The summed E-state index contributed by atoms with van der Waals surface area (Å²) in [6.07, 6.45) is 1.01. The van der Waals surface area contributed by atoms with Crippen molar-refractivity contribution in [3.63, 3.8) is 0 Å². The fourth-order valence-corrected chi connectivity index (χ4v) is 4.28. The fourth-order valence-electron chi connectivity index (χ4n) is 3.12. The highest BCUT2D eigenvalue weighted by Crippen LogP contribution is 2.25. The van der Waals surface area contributed by atoms with Crippen LogP contribution in [-0.4, -0.2) is 57.6 Å². The molecule has 1 N–H and O–H groups in total. The summed E-state index contributed by atoms with van der Waals surface area (Å²) in [7, 11) is -2.36. The fraction of sp³-hybridized carbons (Fsp3) is 0.364. The van der Waals surface area contributed by atoms with Gasteiger partial charge in [0, 0.05) is 19.2 Å². The number of amides is 2. The van der Waals surface area contributed by atoms with E-state index in [2.05, 4.69) is 5.32 Å². The third-order valence-electron chi connectivity index (χ3n) is 4.88. The number of benzene rings is 2. The molecule has 2 rings (SSSR count). The maximum Gasteiger partial charge on any atom is 0.244 e. The van der Waals surface area contributed by atoms with Crippen molar-refractivity contribution in [3.05, 3.63) is 58.1 Å². The first-order valence-electron chi connectivity index (χ1n) is 10.1. The Morgan fingerprint density at radius 3 is 2.39 bits per heavy atom. The molecule has 0 radical (unpaired) electrons. The summed E-state index contributed by atoms with van der Waals surface area (Å²) >= 11 is 12.1. The van der Waals surface area contributed by atoms with Crippen molar-refractivity contribution < 1.29 is 22.7 Å². The van der Waals surface area contributed by atoms with Crippen molar-refractivity contribution in [1.29, 1.82) is 0 Å². The minimum absolute atomic E-state index is 0.0315. The predicted molar refractivity (Wildman–Crippen MR) is 130 cm³/mol. The molecule has 0 aromatic heterocycles. The van der Waals surface area contributed by atoms with Gasteiger partial charge in [-0.05, 0) is 43.7 Å². The number of sulfonamides is 1. The molecule has 11 heteroatoms. The van der Waals surface area contributed by atoms with Gasteiger partial charge in [-0.1, -0.05) is 35.3 Å². The number of carbonyl (C=O) groups is 2.